The Balaban J connectivity index is 2.03. The maximum Gasteiger partial charge on any atom is 0.360 e. The van der Waals surface area contributed by atoms with Crippen molar-refractivity contribution >= 4 is 52.5 Å². The molecule has 0 spiro atoms. The third-order valence-corrected chi connectivity index (χ3v) is 5.68. The SMILES string of the molecule is CNC(=O)C1(C(=O)OC)CC(C)(C)c2cc(Cl)cc(NC(=O)Nc3ccc(Cl)cc3)c2O1. The van der Waals surface area contributed by atoms with E-state index in [9.17, 15) is 14.4 Å². The number of fused-ring (bicyclic) bond motifs is 1. The van der Waals surface area contributed by atoms with Gasteiger partial charge in [-0.05, 0) is 41.8 Å². The minimum absolute atomic E-state index is 0.0100. The van der Waals surface area contributed by atoms with Gasteiger partial charge in [-0.3, -0.25) is 4.79 Å². The second-order valence-electron chi connectivity index (χ2n) is 7.98. The number of benzene rings is 2. The van der Waals surface area contributed by atoms with Crippen LogP contribution in [0.1, 0.15) is 25.8 Å². The number of methoxy groups -OCH3 is 1. The number of anilines is 2. The highest BCUT2D eigenvalue weighted by Crippen LogP contribution is 2.49. The predicted octanol–water partition coefficient (Wildman–Crippen LogP) is 4.36. The number of carbonyl (C=O) groups is 3. The first-order valence-corrected chi connectivity index (χ1v) is 10.5. The van der Waals surface area contributed by atoms with Crippen LogP contribution in [0.4, 0.5) is 16.2 Å². The highest BCUT2D eigenvalue weighted by atomic mass is 35.5. The van der Waals surface area contributed by atoms with Crippen molar-refractivity contribution < 1.29 is 23.9 Å². The molecule has 3 amide bonds. The summed E-state index contributed by atoms with van der Waals surface area (Å²) >= 11 is 12.2. The van der Waals surface area contributed by atoms with Crippen molar-refractivity contribution in [2.75, 3.05) is 24.8 Å². The van der Waals surface area contributed by atoms with E-state index in [1.54, 1.807) is 30.3 Å². The second kappa shape index (κ2) is 8.88. The van der Waals surface area contributed by atoms with E-state index in [4.69, 9.17) is 32.7 Å². The molecule has 0 aromatic heterocycles. The van der Waals surface area contributed by atoms with Gasteiger partial charge < -0.3 is 25.4 Å². The highest BCUT2D eigenvalue weighted by Gasteiger charge is 2.57. The summed E-state index contributed by atoms with van der Waals surface area (Å²) in [5, 5.41) is 8.71. The number of likely N-dealkylation sites (N-methyl/N-ethyl adjacent to an activating group) is 1. The highest BCUT2D eigenvalue weighted by molar-refractivity contribution is 6.31. The Labute approximate surface area is 195 Å². The van der Waals surface area contributed by atoms with Crippen LogP contribution in [0.3, 0.4) is 0 Å². The molecule has 3 N–H and O–H groups in total. The van der Waals surface area contributed by atoms with Crippen LogP contribution in [-0.2, 0) is 19.7 Å². The fourth-order valence-electron chi connectivity index (χ4n) is 3.74. The first-order chi connectivity index (χ1) is 15.0. The van der Waals surface area contributed by atoms with E-state index in [0.29, 0.717) is 21.3 Å². The van der Waals surface area contributed by atoms with Gasteiger partial charge in [-0.25, -0.2) is 9.59 Å². The zero-order valence-electron chi connectivity index (χ0n) is 18.0. The summed E-state index contributed by atoms with van der Waals surface area (Å²) < 4.78 is 10.9. The van der Waals surface area contributed by atoms with Crippen LogP contribution in [0, 0.1) is 0 Å². The van der Waals surface area contributed by atoms with Crippen LogP contribution in [0.25, 0.3) is 0 Å². The van der Waals surface area contributed by atoms with Crippen molar-refractivity contribution in [1.82, 2.24) is 5.32 Å². The molecule has 0 radical (unpaired) electrons. The fourth-order valence-corrected chi connectivity index (χ4v) is 4.09. The number of esters is 1. The molecule has 1 aliphatic heterocycles. The van der Waals surface area contributed by atoms with E-state index >= 15 is 0 Å². The number of halogens is 2. The van der Waals surface area contributed by atoms with Gasteiger partial charge in [0.1, 0.15) is 5.75 Å². The Hall–Kier alpha value is -2.97. The lowest BCUT2D eigenvalue weighted by Gasteiger charge is -2.43. The molecule has 1 aliphatic rings. The molecule has 1 atom stereocenters. The van der Waals surface area contributed by atoms with Gasteiger partial charge in [0.05, 0.1) is 12.8 Å². The van der Waals surface area contributed by atoms with Gasteiger partial charge in [0, 0.05) is 34.8 Å². The van der Waals surface area contributed by atoms with Gasteiger partial charge in [0.25, 0.3) is 11.5 Å². The minimum Gasteiger partial charge on any atom is -0.466 e. The quantitative estimate of drug-likeness (QED) is 0.446. The normalized spacial score (nSPS) is 18.6. The molecule has 1 unspecified atom stereocenters. The van der Waals surface area contributed by atoms with Crippen LogP contribution in [-0.4, -0.2) is 37.7 Å². The van der Waals surface area contributed by atoms with E-state index in [1.807, 2.05) is 13.8 Å². The molecule has 2 aromatic rings. The number of nitrogens with one attached hydrogen (secondary N) is 3. The van der Waals surface area contributed by atoms with Gasteiger partial charge >= 0.3 is 12.0 Å². The van der Waals surface area contributed by atoms with Crippen molar-refractivity contribution in [2.45, 2.75) is 31.3 Å². The van der Waals surface area contributed by atoms with Crippen LogP contribution < -0.4 is 20.7 Å². The van der Waals surface area contributed by atoms with E-state index in [2.05, 4.69) is 16.0 Å². The largest absolute Gasteiger partial charge is 0.466 e. The topological polar surface area (TPSA) is 106 Å². The van der Waals surface area contributed by atoms with Gasteiger partial charge in [-0.2, -0.15) is 0 Å². The van der Waals surface area contributed by atoms with Crippen LogP contribution in [0.2, 0.25) is 10.0 Å². The fraction of sp³-hybridized carbons (Fsp3) is 0.318. The average molecular weight is 480 g/mol. The Morgan fingerprint density at radius 3 is 2.28 bits per heavy atom. The Morgan fingerprint density at radius 1 is 1.03 bits per heavy atom. The van der Waals surface area contributed by atoms with E-state index < -0.39 is 28.9 Å². The van der Waals surface area contributed by atoms with Crippen molar-refractivity contribution in [3.05, 3.63) is 52.0 Å². The molecule has 32 heavy (non-hydrogen) atoms. The van der Waals surface area contributed by atoms with E-state index in [-0.39, 0.29) is 17.9 Å². The van der Waals surface area contributed by atoms with Crippen molar-refractivity contribution in [3.63, 3.8) is 0 Å². The van der Waals surface area contributed by atoms with Crippen LogP contribution in [0.5, 0.6) is 5.75 Å². The number of carbonyl (C=O) groups excluding carboxylic acids is 3. The molecular weight excluding hydrogens is 457 g/mol. The van der Waals surface area contributed by atoms with Gasteiger partial charge in [0.15, 0.2) is 0 Å². The molecule has 0 fully saturated rings. The summed E-state index contributed by atoms with van der Waals surface area (Å²) in [6, 6.07) is 9.15. The van der Waals surface area contributed by atoms with Gasteiger partial charge in [0.2, 0.25) is 0 Å². The van der Waals surface area contributed by atoms with Crippen molar-refractivity contribution in [3.8, 4) is 5.75 Å². The monoisotopic (exact) mass is 479 g/mol. The van der Waals surface area contributed by atoms with Crippen molar-refractivity contribution in [1.29, 1.82) is 0 Å². The molecule has 0 bridgehead atoms. The van der Waals surface area contributed by atoms with Crippen molar-refractivity contribution in [2.24, 2.45) is 0 Å². The van der Waals surface area contributed by atoms with Gasteiger partial charge in [-0.15, -0.1) is 0 Å². The third kappa shape index (κ3) is 4.47. The number of hydrogen-bond donors (Lipinski definition) is 3. The molecule has 0 saturated heterocycles. The molecule has 2 aromatic carbocycles. The first kappa shape index (κ1) is 23.7. The summed E-state index contributed by atoms with van der Waals surface area (Å²) in [6.45, 7) is 3.70. The molecule has 3 rings (SSSR count). The molecule has 8 nitrogen and oxygen atoms in total. The Morgan fingerprint density at radius 2 is 1.69 bits per heavy atom. The Kier molecular flexibility index (Phi) is 6.57. The molecular formula is C22H23Cl2N3O5. The number of amides is 3. The number of ether oxygens (including phenoxy) is 2. The van der Waals surface area contributed by atoms with Gasteiger partial charge in [-0.1, -0.05) is 37.0 Å². The number of urea groups is 1. The Bertz CT molecular complexity index is 1050. The summed E-state index contributed by atoms with van der Waals surface area (Å²) in [7, 11) is 2.58. The predicted molar refractivity (Wildman–Crippen MR) is 123 cm³/mol. The van der Waals surface area contributed by atoms with E-state index in [1.165, 1.54) is 20.2 Å². The maximum absolute atomic E-state index is 12.8. The summed E-state index contributed by atoms with van der Waals surface area (Å²) in [6.07, 6.45) is 0.0100. The lowest BCUT2D eigenvalue weighted by molar-refractivity contribution is -0.169. The summed E-state index contributed by atoms with van der Waals surface area (Å²) in [5.41, 5.74) is -1.31. The lowest BCUT2D eigenvalue weighted by atomic mass is 9.72. The average Bonchev–Trinajstić information content (AvgIpc) is 2.74. The molecule has 0 saturated carbocycles. The molecule has 1 heterocycles. The maximum atomic E-state index is 12.8. The standard InChI is InChI=1S/C22H23Cl2N3O5/c1-21(2)11-22(18(28)25-3,19(29)31-4)32-17-15(21)9-13(24)10-16(17)27-20(30)26-14-7-5-12(23)6-8-14/h5-10H,11H2,1-4H3,(H,25,28)(H2,26,27,30). The minimum atomic E-state index is -1.93. The lowest BCUT2D eigenvalue weighted by Crippen LogP contribution is -2.61. The van der Waals surface area contributed by atoms with Crippen LogP contribution in [0.15, 0.2) is 36.4 Å². The first-order valence-electron chi connectivity index (χ1n) is 9.69. The molecule has 10 heteroatoms. The second-order valence-corrected chi connectivity index (χ2v) is 8.85. The van der Waals surface area contributed by atoms with Crippen LogP contribution >= 0.6 is 23.2 Å². The third-order valence-electron chi connectivity index (χ3n) is 5.21. The molecule has 0 aliphatic carbocycles. The summed E-state index contributed by atoms with van der Waals surface area (Å²) in [5.74, 6) is -1.34. The molecule has 170 valence electrons. The summed E-state index contributed by atoms with van der Waals surface area (Å²) in [4.78, 5) is 38.1. The zero-order chi connectivity index (χ0) is 23.7. The number of hydrogen-bond acceptors (Lipinski definition) is 5. The smallest absolute Gasteiger partial charge is 0.360 e. The number of rotatable bonds is 4. The van der Waals surface area contributed by atoms with E-state index in [0.717, 1.165) is 0 Å². The zero-order valence-corrected chi connectivity index (χ0v) is 19.5.